The van der Waals surface area contributed by atoms with Gasteiger partial charge in [0.1, 0.15) is 5.03 Å². The van der Waals surface area contributed by atoms with E-state index in [4.69, 9.17) is 23.9 Å². The Morgan fingerprint density at radius 1 is 1.02 bits per heavy atom. The Morgan fingerprint density at radius 3 is 2.50 bits per heavy atom. The number of likely N-dealkylation sites (N-methyl/N-ethyl adjacent to an activating group) is 1. The number of ether oxygens (including phenoxy) is 4. The average molecular weight is 633 g/mol. The minimum atomic E-state index is -0.198. The fraction of sp³-hybridized carbons (Fsp3) is 0.312. The molecule has 1 atom stereocenters. The number of nitrogens with zero attached hydrogens (tertiary/aromatic N) is 4. The molecule has 1 amide bonds. The molecule has 1 unspecified atom stereocenters. The highest BCUT2D eigenvalue weighted by molar-refractivity contribution is 8.76. The van der Waals surface area contributed by atoms with Crippen molar-refractivity contribution >= 4 is 60.1 Å². The number of aromatic nitrogens is 3. The topological polar surface area (TPSA) is 105 Å². The number of hydrogen-bond donors (Lipinski definition) is 0. The van der Waals surface area contributed by atoms with Gasteiger partial charge in [-0.15, -0.1) is 0 Å². The summed E-state index contributed by atoms with van der Waals surface area (Å²) in [6.45, 7) is 2.88. The fourth-order valence-electron chi connectivity index (χ4n) is 5.26. The second kappa shape index (κ2) is 12.8. The summed E-state index contributed by atoms with van der Waals surface area (Å²) in [6.07, 6.45) is 4.68. The molecule has 0 spiro atoms. The monoisotopic (exact) mass is 632 g/mol. The molecule has 4 heterocycles. The number of amides is 1. The van der Waals surface area contributed by atoms with Crippen LogP contribution in [0.1, 0.15) is 19.8 Å². The second-order valence-corrected chi connectivity index (χ2v) is 13.1. The summed E-state index contributed by atoms with van der Waals surface area (Å²) >= 11 is 0. The molecular weight excluding hydrogens is 601 g/mol. The normalized spacial score (nSPS) is 13.0. The van der Waals surface area contributed by atoms with Crippen LogP contribution in [0.25, 0.3) is 32.6 Å². The standard InChI is InChI=1S/C32H32N4O6S2/c1-19(43-44-29-7-5-6-10-33-29)8-9-30(37)35(2)11-12-36-31-22-15-27-28(42-18-41-27)16-24(22)34-17-23(31)20-13-25(39-3)26(40-4)14-21(20)32(36)38/h5-7,10,13-17,19H,8-9,11-12,18H2,1-4H3. The van der Waals surface area contributed by atoms with E-state index in [1.807, 2.05) is 36.4 Å². The lowest BCUT2D eigenvalue weighted by atomic mass is 10.0. The van der Waals surface area contributed by atoms with E-state index in [0.29, 0.717) is 57.8 Å². The first-order valence-corrected chi connectivity index (χ1v) is 16.4. The van der Waals surface area contributed by atoms with Crippen molar-refractivity contribution in [2.75, 3.05) is 34.6 Å². The summed E-state index contributed by atoms with van der Waals surface area (Å²) in [5.41, 5.74) is 1.18. The molecule has 0 aliphatic carbocycles. The first-order valence-electron chi connectivity index (χ1n) is 14.2. The molecule has 10 nitrogen and oxygen atoms in total. The maximum absolute atomic E-state index is 14.2. The van der Waals surface area contributed by atoms with Gasteiger partial charge in [0.2, 0.25) is 12.7 Å². The van der Waals surface area contributed by atoms with Gasteiger partial charge in [-0.2, -0.15) is 0 Å². The lowest BCUT2D eigenvalue weighted by Crippen LogP contribution is -2.33. The van der Waals surface area contributed by atoms with Gasteiger partial charge in [-0.25, -0.2) is 4.98 Å². The van der Waals surface area contributed by atoms with Crippen LogP contribution in [0.3, 0.4) is 0 Å². The minimum absolute atomic E-state index is 0.0275. The molecule has 0 saturated carbocycles. The van der Waals surface area contributed by atoms with Gasteiger partial charge in [-0.05, 0) is 47.5 Å². The highest BCUT2D eigenvalue weighted by Crippen LogP contribution is 2.40. The zero-order valence-corrected chi connectivity index (χ0v) is 26.5. The molecule has 1 aliphatic rings. The van der Waals surface area contributed by atoms with Crippen LogP contribution in [0, 0.1) is 0 Å². The predicted molar refractivity (Wildman–Crippen MR) is 174 cm³/mol. The minimum Gasteiger partial charge on any atom is -0.493 e. The quantitative estimate of drug-likeness (QED) is 0.129. The molecule has 0 N–H and O–H groups in total. The third-order valence-electron chi connectivity index (χ3n) is 7.68. The Bertz CT molecular complexity index is 1920. The van der Waals surface area contributed by atoms with E-state index in [0.717, 1.165) is 22.2 Å². The number of fused-ring (bicyclic) bond motifs is 6. The maximum atomic E-state index is 14.2. The van der Waals surface area contributed by atoms with Crippen LogP contribution in [0.15, 0.2) is 64.7 Å². The molecule has 0 saturated heterocycles. The second-order valence-electron chi connectivity index (χ2n) is 10.5. The van der Waals surface area contributed by atoms with E-state index in [2.05, 4.69) is 11.9 Å². The van der Waals surface area contributed by atoms with Gasteiger partial charge in [-0.3, -0.25) is 14.6 Å². The number of rotatable bonds is 11. The molecule has 0 fully saturated rings. The molecule has 2 aromatic carbocycles. The van der Waals surface area contributed by atoms with Crippen molar-refractivity contribution in [3.8, 4) is 23.0 Å². The maximum Gasteiger partial charge on any atom is 0.259 e. The average Bonchev–Trinajstić information content (AvgIpc) is 3.52. The molecule has 5 aromatic rings. The summed E-state index contributed by atoms with van der Waals surface area (Å²) in [7, 11) is 8.21. The summed E-state index contributed by atoms with van der Waals surface area (Å²) in [5.74, 6) is 2.21. The van der Waals surface area contributed by atoms with Crippen molar-refractivity contribution in [1.29, 1.82) is 0 Å². The van der Waals surface area contributed by atoms with Crippen molar-refractivity contribution in [1.82, 2.24) is 19.4 Å². The number of pyridine rings is 3. The third kappa shape index (κ3) is 5.83. The van der Waals surface area contributed by atoms with Crippen LogP contribution in [-0.4, -0.2) is 65.2 Å². The van der Waals surface area contributed by atoms with Gasteiger partial charge < -0.3 is 28.4 Å². The van der Waals surface area contributed by atoms with Gasteiger partial charge in [0.15, 0.2) is 23.0 Å². The molecule has 228 valence electrons. The Balaban J connectivity index is 1.30. The predicted octanol–water partition coefficient (Wildman–Crippen LogP) is 5.91. The van der Waals surface area contributed by atoms with E-state index in [1.165, 1.54) is 7.11 Å². The van der Waals surface area contributed by atoms with Crippen molar-refractivity contribution in [2.24, 2.45) is 0 Å². The number of carbonyl (C=O) groups is 1. The zero-order valence-electron chi connectivity index (χ0n) is 24.9. The van der Waals surface area contributed by atoms with Gasteiger partial charge in [0.05, 0.1) is 30.6 Å². The van der Waals surface area contributed by atoms with Crippen LogP contribution >= 0.6 is 21.6 Å². The van der Waals surface area contributed by atoms with Gasteiger partial charge in [0.25, 0.3) is 5.56 Å². The number of carbonyl (C=O) groups excluding carboxylic acids is 1. The Kier molecular flexibility index (Phi) is 8.72. The largest absolute Gasteiger partial charge is 0.493 e. The number of benzene rings is 2. The number of methoxy groups -OCH3 is 2. The van der Waals surface area contributed by atoms with Crippen LogP contribution in [0.2, 0.25) is 0 Å². The molecule has 44 heavy (non-hydrogen) atoms. The molecule has 1 aliphatic heterocycles. The van der Waals surface area contributed by atoms with Gasteiger partial charge in [-0.1, -0.05) is 23.8 Å². The van der Waals surface area contributed by atoms with Crippen LogP contribution in [0.5, 0.6) is 23.0 Å². The Morgan fingerprint density at radius 2 is 1.77 bits per heavy atom. The van der Waals surface area contributed by atoms with E-state index in [9.17, 15) is 9.59 Å². The molecule has 0 bridgehead atoms. The molecular formula is C32H32N4O6S2. The molecule has 12 heteroatoms. The van der Waals surface area contributed by atoms with E-state index >= 15 is 0 Å². The lowest BCUT2D eigenvalue weighted by Gasteiger charge is -2.21. The highest BCUT2D eigenvalue weighted by Gasteiger charge is 2.22. The first-order chi connectivity index (χ1) is 21.4. The number of hydrogen-bond acceptors (Lipinski definition) is 10. The van der Waals surface area contributed by atoms with Crippen molar-refractivity contribution in [3.05, 3.63) is 65.2 Å². The zero-order chi connectivity index (χ0) is 30.8. The Hall–Kier alpha value is -4.16. The summed E-state index contributed by atoms with van der Waals surface area (Å²) in [5, 5.41) is 3.92. The molecule has 3 aromatic heterocycles. The highest BCUT2D eigenvalue weighted by atomic mass is 33.1. The SMILES string of the molecule is COc1cc2c(=O)n(CCN(C)C(=O)CCC(C)SSc3ccccn3)c3c4cc5c(cc4ncc3c2cc1OC)OCO5. The smallest absolute Gasteiger partial charge is 0.259 e. The molecule has 0 radical (unpaired) electrons. The summed E-state index contributed by atoms with van der Waals surface area (Å²) < 4.78 is 24.0. The fourth-order valence-corrected chi connectivity index (χ4v) is 7.35. The Labute approximate surface area is 262 Å². The van der Waals surface area contributed by atoms with Crippen molar-refractivity contribution in [2.45, 2.75) is 36.6 Å². The third-order valence-corrected chi connectivity index (χ3v) is 10.5. The van der Waals surface area contributed by atoms with E-state index < -0.39 is 0 Å². The van der Waals surface area contributed by atoms with E-state index in [-0.39, 0.29) is 30.1 Å². The first kappa shape index (κ1) is 29.9. The molecule has 6 rings (SSSR count). The van der Waals surface area contributed by atoms with Crippen LogP contribution in [0.4, 0.5) is 0 Å². The lowest BCUT2D eigenvalue weighted by molar-refractivity contribution is -0.130. The van der Waals surface area contributed by atoms with Gasteiger partial charge >= 0.3 is 0 Å². The van der Waals surface area contributed by atoms with Gasteiger partial charge in [0, 0.05) is 66.4 Å². The van der Waals surface area contributed by atoms with E-state index in [1.54, 1.807) is 63.7 Å². The van der Waals surface area contributed by atoms with Crippen LogP contribution in [-0.2, 0) is 11.3 Å². The van der Waals surface area contributed by atoms with Crippen molar-refractivity contribution < 1.29 is 23.7 Å². The van der Waals surface area contributed by atoms with Crippen molar-refractivity contribution in [3.63, 3.8) is 0 Å². The summed E-state index contributed by atoms with van der Waals surface area (Å²) in [4.78, 5) is 38.0. The van der Waals surface area contributed by atoms with Crippen LogP contribution < -0.4 is 24.5 Å². The summed E-state index contributed by atoms with van der Waals surface area (Å²) in [6, 6.07) is 13.0.